The SMILES string of the molecule is CCC(CO)C(NC)c1c[nH]c2ccccc12. The van der Waals surface area contributed by atoms with Gasteiger partial charge in [0.1, 0.15) is 0 Å². The van der Waals surface area contributed by atoms with E-state index < -0.39 is 0 Å². The van der Waals surface area contributed by atoms with Crippen LogP contribution in [0.5, 0.6) is 0 Å². The monoisotopic (exact) mass is 232 g/mol. The summed E-state index contributed by atoms with van der Waals surface area (Å²) in [6, 6.07) is 8.47. The van der Waals surface area contributed by atoms with E-state index >= 15 is 0 Å². The summed E-state index contributed by atoms with van der Waals surface area (Å²) in [6.45, 7) is 2.32. The summed E-state index contributed by atoms with van der Waals surface area (Å²) in [7, 11) is 1.95. The summed E-state index contributed by atoms with van der Waals surface area (Å²) < 4.78 is 0. The predicted molar refractivity (Wildman–Crippen MR) is 71.0 cm³/mol. The van der Waals surface area contributed by atoms with Crippen LogP contribution in [-0.2, 0) is 0 Å². The second kappa shape index (κ2) is 5.34. The van der Waals surface area contributed by atoms with Crippen molar-refractivity contribution < 1.29 is 5.11 Å². The molecule has 0 aliphatic carbocycles. The molecule has 0 aliphatic rings. The van der Waals surface area contributed by atoms with E-state index in [1.54, 1.807) is 0 Å². The highest BCUT2D eigenvalue weighted by atomic mass is 16.3. The molecule has 2 unspecified atom stereocenters. The number of para-hydroxylation sites is 1. The minimum absolute atomic E-state index is 0.196. The molecule has 0 saturated carbocycles. The predicted octanol–water partition coefficient (Wildman–Crippen LogP) is 2.45. The van der Waals surface area contributed by atoms with E-state index in [1.807, 2.05) is 25.4 Å². The van der Waals surface area contributed by atoms with E-state index in [0.29, 0.717) is 0 Å². The van der Waals surface area contributed by atoms with Crippen LogP contribution in [0.15, 0.2) is 30.5 Å². The molecule has 3 N–H and O–H groups in total. The molecule has 2 aromatic rings. The van der Waals surface area contributed by atoms with Gasteiger partial charge in [-0.3, -0.25) is 0 Å². The maximum Gasteiger partial charge on any atom is 0.0477 e. The fourth-order valence-corrected chi connectivity index (χ4v) is 2.47. The van der Waals surface area contributed by atoms with Crippen LogP contribution >= 0.6 is 0 Å². The van der Waals surface area contributed by atoms with Crippen LogP contribution in [0.4, 0.5) is 0 Å². The maximum absolute atomic E-state index is 9.45. The van der Waals surface area contributed by atoms with E-state index in [-0.39, 0.29) is 18.6 Å². The Labute approximate surface area is 102 Å². The Bertz CT molecular complexity index is 474. The van der Waals surface area contributed by atoms with Crippen molar-refractivity contribution in [2.45, 2.75) is 19.4 Å². The summed E-state index contributed by atoms with van der Waals surface area (Å²) in [5.74, 6) is 0.249. The number of H-pyrrole nitrogens is 1. The van der Waals surface area contributed by atoms with E-state index in [4.69, 9.17) is 0 Å². The zero-order valence-corrected chi connectivity index (χ0v) is 10.4. The molecule has 92 valence electrons. The molecule has 0 aliphatic heterocycles. The molecule has 1 aromatic carbocycles. The largest absolute Gasteiger partial charge is 0.396 e. The van der Waals surface area contributed by atoms with Gasteiger partial charge in [-0.25, -0.2) is 0 Å². The number of rotatable bonds is 5. The first kappa shape index (κ1) is 12.1. The Morgan fingerprint density at radius 1 is 1.35 bits per heavy atom. The number of aliphatic hydroxyl groups excluding tert-OH is 1. The van der Waals surface area contributed by atoms with Crippen molar-refractivity contribution in [3.8, 4) is 0 Å². The van der Waals surface area contributed by atoms with Crippen molar-refractivity contribution in [3.05, 3.63) is 36.0 Å². The lowest BCUT2D eigenvalue weighted by Crippen LogP contribution is -2.27. The third-order valence-electron chi connectivity index (χ3n) is 3.50. The van der Waals surface area contributed by atoms with Crippen LogP contribution in [0.2, 0.25) is 0 Å². The second-order valence-electron chi connectivity index (χ2n) is 4.41. The highest BCUT2D eigenvalue weighted by Gasteiger charge is 2.21. The number of hydrogen-bond acceptors (Lipinski definition) is 2. The molecule has 0 spiro atoms. The van der Waals surface area contributed by atoms with Crippen molar-refractivity contribution >= 4 is 10.9 Å². The van der Waals surface area contributed by atoms with Gasteiger partial charge in [-0.05, 0) is 25.1 Å². The van der Waals surface area contributed by atoms with Gasteiger partial charge in [0.05, 0.1) is 0 Å². The molecule has 0 amide bonds. The molecule has 2 atom stereocenters. The van der Waals surface area contributed by atoms with E-state index in [1.165, 1.54) is 10.9 Å². The summed E-state index contributed by atoms with van der Waals surface area (Å²) in [4.78, 5) is 3.28. The average Bonchev–Trinajstić information content (AvgIpc) is 2.79. The first-order chi connectivity index (χ1) is 8.31. The topological polar surface area (TPSA) is 48.0 Å². The number of benzene rings is 1. The molecule has 2 rings (SSSR count). The van der Waals surface area contributed by atoms with Gasteiger partial charge in [-0.15, -0.1) is 0 Å². The number of hydrogen-bond donors (Lipinski definition) is 3. The Hall–Kier alpha value is -1.32. The maximum atomic E-state index is 9.45. The molecule has 1 heterocycles. The van der Waals surface area contributed by atoms with Gasteiger partial charge in [-0.2, -0.15) is 0 Å². The summed E-state index contributed by atoms with van der Waals surface area (Å²) in [5.41, 5.74) is 2.39. The van der Waals surface area contributed by atoms with Gasteiger partial charge in [0, 0.05) is 35.7 Å². The van der Waals surface area contributed by atoms with Crippen LogP contribution in [0.1, 0.15) is 24.9 Å². The summed E-state index contributed by atoms with van der Waals surface area (Å²) in [5, 5.41) is 14.0. The smallest absolute Gasteiger partial charge is 0.0477 e. The van der Waals surface area contributed by atoms with Gasteiger partial charge in [0.25, 0.3) is 0 Å². The van der Waals surface area contributed by atoms with Gasteiger partial charge in [0.15, 0.2) is 0 Å². The minimum atomic E-state index is 0.196. The number of aromatic amines is 1. The molecule has 17 heavy (non-hydrogen) atoms. The third kappa shape index (κ3) is 2.21. The van der Waals surface area contributed by atoms with Gasteiger partial charge in [0.2, 0.25) is 0 Å². The van der Waals surface area contributed by atoms with E-state index in [0.717, 1.165) is 11.9 Å². The summed E-state index contributed by atoms with van der Waals surface area (Å²) in [6.07, 6.45) is 3.01. The molecule has 3 heteroatoms. The molecule has 0 saturated heterocycles. The number of fused-ring (bicyclic) bond motifs is 1. The first-order valence-electron chi connectivity index (χ1n) is 6.16. The minimum Gasteiger partial charge on any atom is -0.396 e. The number of aromatic nitrogens is 1. The number of nitrogens with one attached hydrogen (secondary N) is 2. The highest BCUT2D eigenvalue weighted by Crippen LogP contribution is 2.30. The Morgan fingerprint density at radius 3 is 2.76 bits per heavy atom. The van der Waals surface area contributed by atoms with Crippen molar-refractivity contribution in [3.63, 3.8) is 0 Å². The van der Waals surface area contributed by atoms with Gasteiger partial charge < -0.3 is 15.4 Å². The van der Waals surface area contributed by atoms with Gasteiger partial charge >= 0.3 is 0 Å². The quantitative estimate of drug-likeness (QED) is 0.741. The van der Waals surface area contributed by atoms with Crippen LogP contribution in [0.3, 0.4) is 0 Å². The molecular weight excluding hydrogens is 212 g/mol. The van der Waals surface area contributed by atoms with Crippen LogP contribution in [0, 0.1) is 5.92 Å². The Kier molecular flexibility index (Phi) is 3.82. The second-order valence-corrected chi connectivity index (χ2v) is 4.41. The Balaban J connectivity index is 2.42. The molecule has 0 fully saturated rings. The van der Waals surface area contributed by atoms with Crippen LogP contribution in [0.25, 0.3) is 10.9 Å². The average molecular weight is 232 g/mol. The van der Waals surface area contributed by atoms with E-state index in [9.17, 15) is 5.11 Å². The fourth-order valence-electron chi connectivity index (χ4n) is 2.47. The lowest BCUT2D eigenvalue weighted by molar-refractivity contribution is 0.189. The van der Waals surface area contributed by atoms with Crippen molar-refractivity contribution in [2.75, 3.05) is 13.7 Å². The van der Waals surface area contributed by atoms with Crippen molar-refractivity contribution in [2.24, 2.45) is 5.92 Å². The zero-order chi connectivity index (χ0) is 12.3. The van der Waals surface area contributed by atoms with Crippen LogP contribution in [-0.4, -0.2) is 23.7 Å². The standard InChI is InChI=1S/C14H20N2O/c1-3-10(9-17)14(15-2)12-8-16-13-7-5-4-6-11(12)13/h4-8,10,14-17H,3,9H2,1-2H3. The molecule has 0 radical (unpaired) electrons. The van der Waals surface area contributed by atoms with E-state index in [2.05, 4.69) is 29.4 Å². The lowest BCUT2D eigenvalue weighted by Gasteiger charge is -2.24. The van der Waals surface area contributed by atoms with Crippen LogP contribution < -0.4 is 5.32 Å². The molecular formula is C14H20N2O. The number of aliphatic hydroxyl groups is 1. The fraction of sp³-hybridized carbons (Fsp3) is 0.429. The summed E-state index contributed by atoms with van der Waals surface area (Å²) >= 11 is 0. The Morgan fingerprint density at radius 2 is 2.12 bits per heavy atom. The normalized spacial score (nSPS) is 15.0. The highest BCUT2D eigenvalue weighted by molar-refractivity contribution is 5.83. The third-order valence-corrected chi connectivity index (χ3v) is 3.50. The first-order valence-corrected chi connectivity index (χ1v) is 6.16. The molecule has 1 aromatic heterocycles. The van der Waals surface area contributed by atoms with Crippen molar-refractivity contribution in [1.82, 2.24) is 10.3 Å². The zero-order valence-electron chi connectivity index (χ0n) is 10.4. The molecule has 3 nitrogen and oxygen atoms in total. The lowest BCUT2D eigenvalue weighted by atomic mass is 9.91. The van der Waals surface area contributed by atoms with Crippen molar-refractivity contribution in [1.29, 1.82) is 0 Å². The molecule has 0 bridgehead atoms. The van der Waals surface area contributed by atoms with Gasteiger partial charge in [-0.1, -0.05) is 25.1 Å².